The van der Waals surface area contributed by atoms with Crippen LogP contribution in [-0.4, -0.2) is 35.5 Å². The first kappa shape index (κ1) is 16.3. The number of aromatic nitrogens is 6. The van der Waals surface area contributed by atoms with Crippen molar-refractivity contribution in [1.29, 1.82) is 0 Å². The van der Waals surface area contributed by atoms with Gasteiger partial charge in [0.2, 0.25) is 16.9 Å². The Kier molecular flexibility index (Phi) is 4.36. The van der Waals surface area contributed by atoms with Crippen LogP contribution in [0, 0.1) is 0 Å². The van der Waals surface area contributed by atoms with E-state index >= 15 is 0 Å². The second-order valence-electron chi connectivity index (χ2n) is 5.47. The van der Waals surface area contributed by atoms with Crippen molar-refractivity contribution in [3.63, 3.8) is 0 Å². The summed E-state index contributed by atoms with van der Waals surface area (Å²) >= 11 is 1.41. The molecule has 0 saturated carbocycles. The van der Waals surface area contributed by atoms with E-state index in [1.807, 2.05) is 37.3 Å². The molecule has 0 radical (unpaired) electrons. The zero-order valence-electron chi connectivity index (χ0n) is 13.7. The molecule has 0 saturated heterocycles. The Bertz CT molecular complexity index is 1000. The van der Waals surface area contributed by atoms with Crippen LogP contribution in [0.5, 0.6) is 5.75 Å². The highest BCUT2D eigenvalue weighted by Crippen LogP contribution is 2.34. The second kappa shape index (κ2) is 6.96. The van der Waals surface area contributed by atoms with Crippen LogP contribution in [0.15, 0.2) is 64.3 Å². The molecule has 4 aromatic rings. The first-order valence-electron chi connectivity index (χ1n) is 7.84. The minimum Gasteiger partial charge on any atom is -0.508 e. The van der Waals surface area contributed by atoms with Crippen LogP contribution in [0.4, 0.5) is 0 Å². The van der Waals surface area contributed by atoms with Crippen molar-refractivity contribution in [3.8, 4) is 22.8 Å². The molecule has 0 fully saturated rings. The molecule has 0 bridgehead atoms. The van der Waals surface area contributed by atoms with E-state index in [4.69, 9.17) is 4.52 Å². The van der Waals surface area contributed by atoms with E-state index in [9.17, 15) is 5.11 Å². The SMILES string of the molecule is CC(Sc1nnnn1-c1ccc(O)cc1)c1nc(-c2ccccc2)no1. The Morgan fingerprint density at radius 3 is 2.62 bits per heavy atom. The highest BCUT2D eigenvalue weighted by atomic mass is 32.2. The lowest BCUT2D eigenvalue weighted by Crippen LogP contribution is -2.00. The van der Waals surface area contributed by atoms with Crippen molar-refractivity contribution in [3.05, 3.63) is 60.5 Å². The fraction of sp³-hybridized carbons (Fsp3) is 0.118. The van der Waals surface area contributed by atoms with Crippen molar-refractivity contribution in [2.75, 3.05) is 0 Å². The van der Waals surface area contributed by atoms with Crippen LogP contribution in [-0.2, 0) is 0 Å². The van der Waals surface area contributed by atoms with Crippen LogP contribution in [0.25, 0.3) is 17.1 Å². The van der Waals surface area contributed by atoms with Gasteiger partial charge in [0.1, 0.15) is 5.75 Å². The van der Waals surface area contributed by atoms with E-state index in [0.717, 1.165) is 11.3 Å². The summed E-state index contributed by atoms with van der Waals surface area (Å²) < 4.78 is 6.99. The summed E-state index contributed by atoms with van der Waals surface area (Å²) in [6.45, 7) is 1.95. The number of thioether (sulfide) groups is 1. The quantitative estimate of drug-likeness (QED) is 0.537. The van der Waals surface area contributed by atoms with Gasteiger partial charge in [-0.15, -0.1) is 5.10 Å². The molecule has 4 rings (SSSR count). The van der Waals surface area contributed by atoms with Gasteiger partial charge in [-0.25, -0.2) is 0 Å². The van der Waals surface area contributed by atoms with Crippen LogP contribution < -0.4 is 0 Å². The van der Waals surface area contributed by atoms with Crippen molar-refractivity contribution in [1.82, 2.24) is 30.3 Å². The van der Waals surface area contributed by atoms with Gasteiger partial charge < -0.3 is 9.63 Å². The second-order valence-corrected chi connectivity index (χ2v) is 6.78. The summed E-state index contributed by atoms with van der Waals surface area (Å²) in [5, 5.41) is 25.7. The number of aromatic hydroxyl groups is 1. The summed E-state index contributed by atoms with van der Waals surface area (Å²) in [6, 6.07) is 16.3. The predicted molar refractivity (Wildman–Crippen MR) is 94.8 cm³/mol. The summed E-state index contributed by atoms with van der Waals surface area (Å²) in [4.78, 5) is 4.47. The van der Waals surface area contributed by atoms with E-state index < -0.39 is 0 Å². The number of phenols is 1. The smallest absolute Gasteiger partial charge is 0.240 e. The molecule has 1 N–H and O–H groups in total. The van der Waals surface area contributed by atoms with Gasteiger partial charge in [-0.1, -0.05) is 47.3 Å². The molecule has 0 aliphatic rings. The third kappa shape index (κ3) is 3.29. The predicted octanol–water partition coefficient (Wildman–Crippen LogP) is 3.27. The van der Waals surface area contributed by atoms with Gasteiger partial charge in [0.15, 0.2) is 0 Å². The van der Waals surface area contributed by atoms with Gasteiger partial charge >= 0.3 is 0 Å². The molecule has 26 heavy (non-hydrogen) atoms. The highest BCUT2D eigenvalue weighted by Gasteiger charge is 2.20. The van der Waals surface area contributed by atoms with Crippen molar-refractivity contribution >= 4 is 11.8 Å². The fourth-order valence-corrected chi connectivity index (χ4v) is 3.16. The van der Waals surface area contributed by atoms with Gasteiger partial charge in [0.25, 0.3) is 0 Å². The molecular formula is C17H14N6O2S. The molecule has 130 valence electrons. The molecule has 9 heteroatoms. The molecule has 2 aromatic carbocycles. The lowest BCUT2D eigenvalue weighted by atomic mass is 10.2. The maximum atomic E-state index is 9.42. The molecule has 0 aliphatic carbocycles. The van der Waals surface area contributed by atoms with Gasteiger partial charge in [0, 0.05) is 5.56 Å². The average molecular weight is 366 g/mol. The molecule has 8 nitrogen and oxygen atoms in total. The number of hydrogen-bond donors (Lipinski definition) is 1. The van der Waals surface area contributed by atoms with Crippen LogP contribution in [0.2, 0.25) is 0 Å². The van der Waals surface area contributed by atoms with E-state index in [1.165, 1.54) is 11.8 Å². The lowest BCUT2D eigenvalue weighted by molar-refractivity contribution is 0.380. The summed E-state index contributed by atoms with van der Waals surface area (Å²) in [7, 11) is 0. The molecule has 2 heterocycles. The van der Waals surface area contributed by atoms with E-state index in [0.29, 0.717) is 16.9 Å². The minimum atomic E-state index is -0.137. The van der Waals surface area contributed by atoms with E-state index in [-0.39, 0.29) is 11.0 Å². The Hall–Kier alpha value is -3.20. The van der Waals surface area contributed by atoms with Gasteiger partial charge in [0.05, 0.1) is 10.9 Å². The Labute approximate surface area is 152 Å². The average Bonchev–Trinajstić information content (AvgIpc) is 3.33. The summed E-state index contributed by atoms with van der Waals surface area (Å²) in [5.74, 6) is 1.23. The van der Waals surface area contributed by atoms with Crippen molar-refractivity contribution < 1.29 is 9.63 Å². The molecule has 1 atom stereocenters. The summed E-state index contributed by atoms with van der Waals surface area (Å²) in [5.41, 5.74) is 1.65. The molecule has 0 amide bonds. The first-order valence-corrected chi connectivity index (χ1v) is 8.72. The highest BCUT2D eigenvalue weighted by molar-refractivity contribution is 7.99. The standard InChI is InChI=1S/C17H14N6O2S/c1-11(16-18-15(20-25-16)12-5-3-2-4-6-12)26-17-19-21-22-23(17)13-7-9-14(24)10-8-13/h2-11,24H,1H3. The number of tetrazole rings is 1. The number of phenolic OH excluding ortho intramolecular Hbond substituents is 1. The maximum Gasteiger partial charge on any atom is 0.240 e. The number of hydrogen-bond acceptors (Lipinski definition) is 8. The number of rotatable bonds is 5. The Morgan fingerprint density at radius 2 is 1.85 bits per heavy atom. The fourth-order valence-electron chi connectivity index (χ4n) is 2.32. The first-order chi connectivity index (χ1) is 12.7. The largest absolute Gasteiger partial charge is 0.508 e. The topological polar surface area (TPSA) is 103 Å². The zero-order chi connectivity index (χ0) is 17.9. The number of benzene rings is 2. The summed E-state index contributed by atoms with van der Waals surface area (Å²) in [6.07, 6.45) is 0. The lowest BCUT2D eigenvalue weighted by Gasteiger charge is -2.07. The maximum absolute atomic E-state index is 9.42. The third-order valence-corrected chi connectivity index (χ3v) is 4.66. The Balaban J connectivity index is 1.54. The molecule has 0 aliphatic heterocycles. The van der Waals surface area contributed by atoms with E-state index in [1.54, 1.807) is 28.9 Å². The molecular weight excluding hydrogens is 352 g/mol. The normalized spacial score (nSPS) is 12.2. The van der Waals surface area contributed by atoms with E-state index in [2.05, 4.69) is 25.7 Å². The third-order valence-electron chi connectivity index (χ3n) is 3.64. The molecule has 0 spiro atoms. The van der Waals surface area contributed by atoms with Crippen molar-refractivity contribution in [2.45, 2.75) is 17.3 Å². The number of nitrogens with zero attached hydrogens (tertiary/aromatic N) is 6. The monoisotopic (exact) mass is 366 g/mol. The van der Waals surface area contributed by atoms with Crippen LogP contribution in [0.1, 0.15) is 18.1 Å². The van der Waals surface area contributed by atoms with Crippen molar-refractivity contribution in [2.24, 2.45) is 0 Å². The van der Waals surface area contributed by atoms with Gasteiger partial charge in [-0.3, -0.25) is 0 Å². The molecule has 1 unspecified atom stereocenters. The Morgan fingerprint density at radius 1 is 1.08 bits per heavy atom. The molecule has 2 aromatic heterocycles. The van der Waals surface area contributed by atoms with Crippen LogP contribution >= 0.6 is 11.8 Å². The zero-order valence-corrected chi connectivity index (χ0v) is 14.5. The van der Waals surface area contributed by atoms with Crippen LogP contribution in [0.3, 0.4) is 0 Å². The van der Waals surface area contributed by atoms with Gasteiger partial charge in [-0.2, -0.15) is 9.67 Å². The minimum absolute atomic E-state index is 0.137. The van der Waals surface area contributed by atoms with Gasteiger partial charge in [-0.05, 0) is 41.6 Å².